The average Bonchev–Trinajstić information content (AvgIpc) is 2.16. The van der Waals surface area contributed by atoms with E-state index in [1.54, 1.807) is 25.2 Å². The molecule has 4 nitrogen and oxygen atoms in total. The van der Waals surface area contributed by atoms with Crippen LogP contribution in [0.4, 0.5) is 11.4 Å². The predicted molar refractivity (Wildman–Crippen MR) is 56.9 cm³/mol. The Morgan fingerprint density at radius 2 is 1.86 bits per heavy atom. The zero-order valence-corrected chi connectivity index (χ0v) is 8.56. The highest BCUT2D eigenvalue weighted by atomic mass is 16.3. The van der Waals surface area contributed by atoms with Gasteiger partial charge in [0.25, 0.3) is 0 Å². The molecule has 1 aromatic rings. The maximum absolute atomic E-state index is 10.6. The zero-order valence-electron chi connectivity index (χ0n) is 8.56. The molecule has 0 aliphatic carbocycles. The molecule has 0 spiro atoms. The van der Waals surface area contributed by atoms with Crippen molar-refractivity contribution in [1.82, 2.24) is 0 Å². The van der Waals surface area contributed by atoms with Crippen LogP contribution >= 0.6 is 0 Å². The first kappa shape index (κ1) is 10.4. The van der Waals surface area contributed by atoms with Gasteiger partial charge in [-0.05, 0) is 12.1 Å². The molecule has 4 heteroatoms. The van der Waals surface area contributed by atoms with Crippen LogP contribution in [-0.4, -0.2) is 32.7 Å². The minimum Gasteiger partial charge on any atom is -0.508 e. The molecule has 0 aliphatic rings. The molecular weight excluding hydrogens is 180 g/mol. The Morgan fingerprint density at radius 3 is 2.36 bits per heavy atom. The summed E-state index contributed by atoms with van der Waals surface area (Å²) in [5.41, 5.74) is 1.57. The molecule has 14 heavy (non-hydrogen) atoms. The fourth-order valence-electron chi connectivity index (χ4n) is 1.23. The lowest BCUT2D eigenvalue weighted by Gasteiger charge is -2.21. The highest BCUT2D eigenvalue weighted by Crippen LogP contribution is 2.30. The summed E-state index contributed by atoms with van der Waals surface area (Å²) in [6.45, 7) is 0. The van der Waals surface area contributed by atoms with E-state index >= 15 is 0 Å². The van der Waals surface area contributed by atoms with Gasteiger partial charge in [0.05, 0.1) is 11.4 Å². The molecule has 0 unspecified atom stereocenters. The number of amides is 1. The Bertz CT molecular complexity index is 337. The van der Waals surface area contributed by atoms with Gasteiger partial charge in [0, 0.05) is 27.2 Å². The Labute approximate surface area is 83.4 Å². The van der Waals surface area contributed by atoms with E-state index in [0.29, 0.717) is 0 Å². The second-order valence-electron chi connectivity index (χ2n) is 3.28. The van der Waals surface area contributed by atoms with E-state index in [1.165, 1.54) is 4.90 Å². The molecule has 0 saturated carbocycles. The number of hydrogen-bond acceptors (Lipinski definition) is 3. The fourth-order valence-corrected chi connectivity index (χ4v) is 1.23. The number of hydrogen-bond donors (Lipinski definition) is 1. The largest absolute Gasteiger partial charge is 0.508 e. The van der Waals surface area contributed by atoms with E-state index in [4.69, 9.17) is 0 Å². The van der Waals surface area contributed by atoms with E-state index < -0.39 is 0 Å². The fraction of sp³-hybridized carbons (Fsp3) is 0.300. The summed E-state index contributed by atoms with van der Waals surface area (Å²) in [7, 11) is 5.39. The van der Waals surface area contributed by atoms with Crippen LogP contribution in [0.2, 0.25) is 0 Å². The molecule has 0 radical (unpaired) electrons. The van der Waals surface area contributed by atoms with Gasteiger partial charge in [-0.3, -0.25) is 4.79 Å². The van der Waals surface area contributed by atoms with Crippen molar-refractivity contribution in [2.75, 3.05) is 30.9 Å². The summed E-state index contributed by atoms with van der Waals surface area (Å²) in [5.74, 6) is 0.191. The molecule has 1 aromatic carbocycles. The highest BCUT2D eigenvalue weighted by molar-refractivity contribution is 5.83. The molecule has 0 atom stereocenters. The number of rotatable bonds is 3. The van der Waals surface area contributed by atoms with Gasteiger partial charge < -0.3 is 14.9 Å². The lowest BCUT2D eigenvalue weighted by molar-refractivity contribution is -0.107. The van der Waals surface area contributed by atoms with Crippen molar-refractivity contribution >= 4 is 17.8 Å². The monoisotopic (exact) mass is 194 g/mol. The topological polar surface area (TPSA) is 43.8 Å². The smallest absolute Gasteiger partial charge is 0.213 e. The SMILES string of the molecule is CN(C)c1cc(O)ccc1N(C)C=O. The number of phenolic OH excluding ortho intramolecular Hbond substituents is 1. The maximum Gasteiger partial charge on any atom is 0.213 e. The molecule has 0 heterocycles. The van der Waals surface area contributed by atoms with Crippen LogP contribution in [0.15, 0.2) is 18.2 Å². The summed E-state index contributed by atoms with van der Waals surface area (Å²) in [5, 5.41) is 9.31. The van der Waals surface area contributed by atoms with E-state index in [0.717, 1.165) is 17.8 Å². The van der Waals surface area contributed by atoms with Crippen molar-refractivity contribution in [3.05, 3.63) is 18.2 Å². The molecule has 0 saturated heterocycles. The predicted octanol–water partition coefficient (Wildman–Crippen LogP) is 1.05. The average molecular weight is 194 g/mol. The van der Waals surface area contributed by atoms with Crippen molar-refractivity contribution in [2.24, 2.45) is 0 Å². The molecule has 76 valence electrons. The van der Waals surface area contributed by atoms with E-state index in [9.17, 15) is 9.90 Å². The molecule has 0 aliphatic heterocycles. The van der Waals surface area contributed by atoms with Gasteiger partial charge >= 0.3 is 0 Å². The molecule has 1 N–H and O–H groups in total. The summed E-state index contributed by atoms with van der Waals surface area (Å²) in [4.78, 5) is 13.9. The van der Waals surface area contributed by atoms with E-state index in [-0.39, 0.29) is 5.75 Å². The number of carbonyl (C=O) groups is 1. The van der Waals surface area contributed by atoms with Crippen LogP contribution < -0.4 is 9.80 Å². The summed E-state index contributed by atoms with van der Waals surface area (Å²) in [6, 6.07) is 4.89. The third kappa shape index (κ3) is 1.96. The van der Waals surface area contributed by atoms with Crippen molar-refractivity contribution in [2.45, 2.75) is 0 Å². The van der Waals surface area contributed by atoms with Crippen LogP contribution in [0.1, 0.15) is 0 Å². The maximum atomic E-state index is 10.6. The minimum absolute atomic E-state index is 0.191. The molecule has 1 amide bonds. The number of aromatic hydroxyl groups is 1. The first-order valence-corrected chi connectivity index (χ1v) is 4.24. The molecule has 0 aromatic heterocycles. The molecular formula is C10H14N2O2. The number of benzene rings is 1. The van der Waals surface area contributed by atoms with Crippen LogP contribution in [0.25, 0.3) is 0 Å². The van der Waals surface area contributed by atoms with Crippen LogP contribution in [0.3, 0.4) is 0 Å². The third-order valence-corrected chi connectivity index (χ3v) is 1.98. The second-order valence-corrected chi connectivity index (χ2v) is 3.28. The van der Waals surface area contributed by atoms with Gasteiger partial charge in [0.1, 0.15) is 5.75 Å². The molecule has 0 bridgehead atoms. The summed E-state index contributed by atoms with van der Waals surface area (Å²) < 4.78 is 0. The standard InChI is InChI=1S/C10H14N2O2/c1-11(2)10-6-8(14)4-5-9(10)12(3)7-13/h4-7,14H,1-3H3. The van der Waals surface area contributed by atoms with Gasteiger partial charge in [-0.15, -0.1) is 0 Å². The van der Waals surface area contributed by atoms with Gasteiger partial charge in [-0.2, -0.15) is 0 Å². The first-order valence-electron chi connectivity index (χ1n) is 4.24. The van der Waals surface area contributed by atoms with E-state index in [2.05, 4.69) is 0 Å². The van der Waals surface area contributed by atoms with Crippen molar-refractivity contribution in [3.63, 3.8) is 0 Å². The second kappa shape index (κ2) is 4.00. The van der Waals surface area contributed by atoms with Gasteiger partial charge in [-0.1, -0.05) is 0 Å². The molecule has 1 rings (SSSR count). The Kier molecular flexibility index (Phi) is 2.96. The Morgan fingerprint density at radius 1 is 1.21 bits per heavy atom. The Balaban J connectivity index is 3.21. The number of phenols is 1. The van der Waals surface area contributed by atoms with Gasteiger partial charge in [0.15, 0.2) is 0 Å². The van der Waals surface area contributed by atoms with Crippen molar-refractivity contribution in [1.29, 1.82) is 0 Å². The lowest BCUT2D eigenvalue weighted by Crippen LogP contribution is -2.19. The molecule has 0 fully saturated rings. The van der Waals surface area contributed by atoms with Crippen molar-refractivity contribution in [3.8, 4) is 5.75 Å². The quantitative estimate of drug-likeness (QED) is 0.731. The van der Waals surface area contributed by atoms with Gasteiger partial charge in [-0.25, -0.2) is 0 Å². The number of anilines is 2. The zero-order chi connectivity index (χ0) is 10.7. The summed E-state index contributed by atoms with van der Waals surface area (Å²) in [6.07, 6.45) is 0.735. The van der Waals surface area contributed by atoms with Crippen LogP contribution in [0.5, 0.6) is 5.75 Å². The van der Waals surface area contributed by atoms with Crippen LogP contribution in [-0.2, 0) is 4.79 Å². The Hall–Kier alpha value is -1.71. The minimum atomic E-state index is 0.191. The number of carbonyl (C=O) groups excluding carboxylic acids is 1. The summed E-state index contributed by atoms with van der Waals surface area (Å²) >= 11 is 0. The normalized spacial score (nSPS) is 9.64. The van der Waals surface area contributed by atoms with Crippen LogP contribution in [0, 0.1) is 0 Å². The van der Waals surface area contributed by atoms with E-state index in [1.807, 2.05) is 19.0 Å². The highest BCUT2D eigenvalue weighted by Gasteiger charge is 2.08. The first-order chi connectivity index (χ1) is 6.56. The van der Waals surface area contributed by atoms with Crippen molar-refractivity contribution < 1.29 is 9.90 Å². The van der Waals surface area contributed by atoms with Gasteiger partial charge in [0.2, 0.25) is 6.41 Å². The number of nitrogens with zero attached hydrogens (tertiary/aromatic N) is 2. The lowest BCUT2D eigenvalue weighted by atomic mass is 10.2. The third-order valence-electron chi connectivity index (χ3n) is 1.98.